The van der Waals surface area contributed by atoms with Crippen LogP contribution in [0.15, 0.2) is 0 Å². The van der Waals surface area contributed by atoms with E-state index in [1.807, 2.05) is 4.90 Å². The molecular weight excluding hydrogens is 256 g/mol. The fourth-order valence-electron chi connectivity index (χ4n) is 2.76. The summed E-state index contributed by atoms with van der Waals surface area (Å²) in [7, 11) is 0. The highest BCUT2D eigenvalue weighted by atomic mass is 16.5. The Kier molecular flexibility index (Phi) is 7.59. The summed E-state index contributed by atoms with van der Waals surface area (Å²) in [5.41, 5.74) is 0. The van der Waals surface area contributed by atoms with Gasteiger partial charge in [-0.15, -0.1) is 0 Å². The molecule has 0 bridgehead atoms. The van der Waals surface area contributed by atoms with Gasteiger partial charge in [0.15, 0.2) is 0 Å². The number of carbonyl (C=O) groups is 2. The van der Waals surface area contributed by atoms with Gasteiger partial charge in [-0.1, -0.05) is 13.8 Å². The number of likely N-dealkylation sites (tertiary alicyclic amines) is 1. The van der Waals surface area contributed by atoms with Crippen LogP contribution in [-0.2, 0) is 14.3 Å². The third-order valence-electron chi connectivity index (χ3n) is 3.54. The molecule has 2 unspecified atom stereocenters. The first-order valence-corrected chi connectivity index (χ1v) is 7.67. The van der Waals surface area contributed by atoms with Gasteiger partial charge in [-0.3, -0.25) is 9.59 Å². The van der Waals surface area contributed by atoms with E-state index >= 15 is 0 Å². The molecular formula is C15H28N2O3. The third-order valence-corrected chi connectivity index (χ3v) is 3.54. The maximum Gasteiger partial charge on any atom is 0.305 e. The first-order chi connectivity index (χ1) is 9.52. The molecule has 1 heterocycles. The van der Waals surface area contributed by atoms with E-state index in [1.165, 1.54) is 6.42 Å². The van der Waals surface area contributed by atoms with Crippen LogP contribution in [0.1, 0.15) is 40.0 Å². The van der Waals surface area contributed by atoms with Gasteiger partial charge < -0.3 is 15.0 Å². The molecule has 5 heteroatoms. The molecule has 1 aliphatic rings. The van der Waals surface area contributed by atoms with Crippen LogP contribution in [0.2, 0.25) is 0 Å². The summed E-state index contributed by atoms with van der Waals surface area (Å²) in [5, 5.41) is 3.11. The van der Waals surface area contributed by atoms with Crippen LogP contribution >= 0.6 is 0 Å². The lowest BCUT2D eigenvalue weighted by Crippen LogP contribution is -2.46. The molecule has 1 saturated heterocycles. The fourth-order valence-corrected chi connectivity index (χ4v) is 2.76. The number of hydrogen-bond donors (Lipinski definition) is 1. The molecule has 0 aromatic carbocycles. The summed E-state index contributed by atoms with van der Waals surface area (Å²) in [4.78, 5) is 25.2. The van der Waals surface area contributed by atoms with E-state index in [2.05, 4.69) is 19.2 Å². The van der Waals surface area contributed by atoms with E-state index in [1.54, 1.807) is 6.92 Å². The summed E-state index contributed by atoms with van der Waals surface area (Å²) in [6.07, 6.45) is 2.32. The summed E-state index contributed by atoms with van der Waals surface area (Å²) >= 11 is 0. The van der Waals surface area contributed by atoms with Crippen molar-refractivity contribution in [2.45, 2.75) is 40.0 Å². The molecule has 0 aliphatic carbocycles. The van der Waals surface area contributed by atoms with Crippen molar-refractivity contribution >= 4 is 11.9 Å². The van der Waals surface area contributed by atoms with Crippen LogP contribution in [0.25, 0.3) is 0 Å². The predicted molar refractivity (Wildman–Crippen MR) is 78.3 cm³/mol. The topological polar surface area (TPSA) is 58.6 Å². The Labute approximate surface area is 122 Å². The second kappa shape index (κ2) is 8.95. The zero-order valence-electron chi connectivity index (χ0n) is 13.0. The lowest BCUT2D eigenvalue weighted by Gasteiger charge is -2.35. The van der Waals surface area contributed by atoms with Gasteiger partial charge in [0.25, 0.3) is 0 Å². The van der Waals surface area contributed by atoms with E-state index in [0.29, 0.717) is 44.4 Å². The number of ether oxygens (including phenoxy) is 1. The lowest BCUT2D eigenvalue weighted by molar-refractivity contribution is -0.143. The molecule has 1 rings (SSSR count). The predicted octanol–water partition coefficient (Wildman–Crippen LogP) is 1.42. The van der Waals surface area contributed by atoms with Crippen molar-refractivity contribution in [2.24, 2.45) is 11.8 Å². The van der Waals surface area contributed by atoms with Crippen molar-refractivity contribution in [3.8, 4) is 0 Å². The van der Waals surface area contributed by atoms with Gasteiger partial charge in [-0.25, -0.2) is 0 Å². The number of amides is 1. The molecule has 5 nitrogen and oxygen atoms in total. The highest BCUT2D eigenvalue weighted by molar-refractivity contribution is 5.78. The molecule has 0 aromatic heterocycles. The smallest absolute Gasteiger partial charge is 0.305 e. The van der Waals surface area contributed by atoms with Crippen molar-refractivity contribution in [3.05, 3.63) is 0 Å². The second-order valence-corrected chi connectivity index (χ2v) is 5.83. The Balaban J connectivity index is 2.12. The largest absolute Gasteiger partial charge is 0.466 e. The molecule has 0 spiro atoms. The van der Waals surface area contributed by atoms with Gasteiger partial charge in [-0.2, -0.15) is 0 Å². The van der Waals surface area contributed by atoms with Gasteiger partial charge >= 0.3 is 5.97 Å². The van der Waals surface area contributed by atoms with E-state index in [4.69, 9.17) is 4.74 Å². The number of nitrogens with zero attached hydrogens (tertiary/aromatic N) is 1. The lowest BCUT2D eigenvalue weighted by atomic mass is 9.92. The molecule has 1 aliphatic heterocycles. The van der Waals surface area contributed by atoms with Crippen LogP contribution in [-0.4, -0.2) is 49.6 Å². The zero-order valence-corrected chi connectivity index (χ0v) is 13.0. The van der Waals surface area contributed by atoms with Crippen LogP contribution < -0.4 is 5.32 Å². The van der Waals surface area contributed by atoms with E-state index < -0.39 is 0 Å². The van der Waals surface area contributed by atoms with E-state index in [-0.39, 0.29) is 11.9 Å². The molecule has 0 aromatic rings. The maximum atomic E-state index is 12.1. The molecule has 1 amide bonds. The second-order valence-electron chi connectivity index (χ2n) is 5.83. The molecule has 116 valence electrons. The molecule has 0 radical (unpaired) electrons. The number of nitrogens with one attached hydrogen (secondary N) is 1. The highest BCUT2D eigenvalue weighted by Crippen LogP contribution is 2.20. The number of piperidine rings is 1. The van der Waals surface area contributed by atoms with Crippen LogP contribution in [0.5, 0.6) is 0 Å². The molecule has 20 heavy (non-hydrogen) atoms. The van der Waals surface area contributed by atoms with E-state index in [0.717, 1.165) is 13.1 Å². The summed E-state index contributed by atoms with van der Waals surface area (Å²) in [5.74, 6) is 1.18. The average Bonchev–Trinajstić information content (AvgIpc) is 2.37. The summed E-state index contributed by atoms with van der Waals surface area (Å²) in [6.45, 7) is 9.39. The minimum Gasteiger partial charge on any atom is -0.466 e. The van der Waals surface area contributed by atoms with Gasteiger partial charge in [0.05, 0.1) is 13.2 Å². The standard InChI is InChI=1S/C15H28N2O3/c1-4-20-15(19)6-5-7-16-9-14(18)17-10-12(2)8-13(3)11-17/h12-13,16H,4-11H2,1-3H3. The Morgan fingerprint density at radius 3 is 2.50 bits per heavy atom. The van der Waals surface area contributed by atoms with Crippen molar-refractivity contribution in [3.63, 3.8) is 0 Å². The fraction of sp³-hybridized carbons (Fsp3) is 0.867. The van der Waals surface area contributed by atoms with Crippen LogP contribution in [0.4, 0.5) is 0 Å². The van der Waals surface area contributed by atoms with Crippen molar-refractivity contribution in [2.75, 3.05) is 32.8 Å². The zero-order chi connectivity index (χ0) is 15.0. The van der Waals surface area contributed by atoms with Gasteiger partial charge in [0.1, 0.15) is 0 Å². The Bertz CT molecular complexity index is 310. The number of hydrogen-bond acceptors (Lipinski definition) is 4. The van der Waals surface area contributed by atoms with Crippen LogP contribution in [0.3, 0.4) is 0 Å². The van der Waals surface area contributed by atoms with Crippen molar-refractivity contribution in [1.82, 2.24) is 10.2 Å². The maximum absolute atomic E-state index is 12.1. The van der Waals surface area contributed by atoms with Gasteiger partial charge in [0.2, 0.25) is 5.91 Å². The quantitative estimate of drug-likeness (QED) is 0.567. The summed E-state index contributed by atoms with van der Waals surface area (Å²) in [6, 6.07) is 0. The SMILES string of the molecule is CCOC(=O)CCCNCC(=O)N1CC(C)CC(C)C1. The molecule has 2 atom stereocenters. The van der Waals surface area contributed by atoms with Crippen molar-refractivity contribution < 1.29 is 14.3 Å². The third kappa shape index (κ3) is 6.37. The van der Waals surface area contributed by atoms with Crippen molar-refractivity contribution in [1.29, 1.82) is 0 Å². The monoisotopic (exact) mass is 284 g/mol. The average molecular weight is 284 g/mol. The van der Waals surface area contributed by atoms with E-state index in [9.17, 15) is 9.59 Å². The molecule has 0 saturated carbocycles. The first kappa shape index (κ1) is 17.0. The summed E-state index contributed by atoms with van der Waals surface area (Å²) < 4.78 is 4.85. The minimum absolute atomic E-state index is 0.166. The molecule has 1 N–H and O–H groups in total. The van der Waals surface area contributed by atoms with Gasteiger partial charge in [0, 0.05) is 19.5 Å². The number of rotatable bonds is 7. The Morgan fingerprint density at radius 1 is 1.25 bits per heavy atom. The molecule has 1 fully saturated rings. The number of carbonyl (C=O) groups excluding carboxylic acids is 2. The minimum atomic E-state index is -0.167. The first-order valence-electron chi connectivity index (χ1n) is 7.67. The Morgan fingerprint density at radius 2 is 1.90 bits per heavy atom. The van der Waals surface area contributed by atoms with Crippen LogP contribution in [0, 0.1) is 11.8 Å². The number of esters is 1. The van der Waals surface area contributed by atoms with Gasteiger partial charge in [-0.05, 0) is 38.1 Å². The normalized spacial score (nSPS) is 22.6. The Hall–Kier alpha value is -1.10. The highest BCUT2D eigenvalue weighted by Gasteiger charge is 2.24.